The molecule has 0 saturated heterocycles. The summed E-state index contributed by atoms with van der Waals surface area (Å²) >= 11 is 0. The van der Waals surface area contributed by atoms with E-state index in [9.17, 15) is 14.4 Å². The number of esters is 1. The van der Waals surface area contributed by atoms with Crippen molar-refractivity contribution < 1.29 is 33.3 Å². The zero-order valence-electron chi connectivity index (χ0n) is 19.7. The van der Waals surface area contributed by atoms with Crippen molar-refractivity contribution >= 4 is 17.8 Å². The van der Waals surface area contributed by atoms with Gasteiger partial charge in [-0.05, 0) is 50.8 Å². The van der Waals surface area contributed by atoms with Crippen molar-refractivity contribution in [2.24, 2.45) is 11.8 Å². The Balaban J connectivity index is 3.24. The summed E-state index contributed by atoms with van der Waals surface area (Å²) in [4.78, 5) is 37.7. The second kappa shape index (κ2) is 11.6. The van der Waals surface area contributed by atoms with Gasteiger partial charge < -0.3 is 24.3 Å². The average molecular weight is 438 g/mol. The van der Waals surface area contributed by atoms with Crippen LogP contribution in [0.4, 0.5) is 4.79 Å². The van der Waals surface area contributed by atoms with E-state index >= 15 is 0 Å². The second-order valence-corrected chi connectivity index (χ2v) is 8.69. The van der Waals surface area contributed by atoms with Crippen molar-refractivity contribution in [1.82, 2.24) is 5.32 Å². The van der Waals surface area contributed by atoms with Crippen molar-refractivity contribution in [2.75, 3.05) is 21.3 Å². The van der Waals surface area contributed by atoms with Crippen LogP contribution in [0.2, 0.25) is 0 Å². The number of ether oxygens (including phenoxy) is 4. The summed E-state index contributed by atoms with van der Waals surface area (Å²) in [6.07, 6.45) is -0.420. The fourth-order valence-electron chi connectivity index (χ4n) is 3.09. The first-order chi connectivity index (χ1) is 14.4. The van der Waals surface area contributed by atoms with Gasteiger partial charge >= 0.3 is 12.1 Å². The van der Waals surface area contributed by atoms with Crippen LogP contribution in [0, 0.1) is 11.8 Å². The van der Waals surface area contributed by atoms with Crippen LogP contribution in [-0.2, 0) is 19.1 Å². The largest absolute Gasteiger partial charge is 0.493 e. The Hall–Kier alpha value is -2.77. The molecule has 0 aliphatic rings. The molecular weight excluding hydrogens is 402 g/mol. The maximum Gasteiger partial charge on any atom is 0.408 e. The van der Waals surface area contributed by atoms with Crippen LogP contribution in [0.15, 0.2) is 18.2 Å². The molecule has 0 aliphatic heterocycles. The Morgan fingerprint density at radius 3 is 2.10 bits per heavy atom. The van der Waals surface area contributed by atoms with Gasteiger partial charge in [0.1, 0.15) is 17.3 Å². The zero-order chi connectivity index (χ0) is 23.8. The second-order valence-electron chi connectivity index (χ2n) is 8.69. The van der Waals surface area contributed by atoms with Gasteiger partial charge in [-0.2, -0.15) is 0 Å². The van der Waals surface area contributed by atoms with E-state index in [1.54, 1.807) is 39.0 Å². The molecule has 0 radical (unpaired) electrons. The molecule has 2 atom stereocenters. The maximum absolute atomic E-state index is 13.1. The molecule has 0 fully saturated rings. The molecule has 2 unspecified atom stereocenters. The minimum atomic E-state index is -0.909. The van der Waals surface area contributed by atoms with Crippen LogP contribution < -0.4 is 14.8 Å². The van der Waals surface area contributed by atoms with Gasteiger partial charge in [0.15, 0.2) is 11.5 Å². The lowest BCUT2D eigenvalue weighted by Gasteiger charge is -2.25. The van der Waals surface area contributed by atoms with Gasteiger partial charge in [0.05, 0.1) is 27.4 Å². The molecular formula is C23H35NO7. The van der Waals surface area contributed by atoms with E-state index in [1.807, 2.05) is 13.8 Å². The van der Waals surface area contributed by atoms with Crippen LogP contribution in [0.5, 0.6) is 11.5 Å². The fraction of sp³-hybridized carbons (Fsp3) is 0.609. The van der Waals surface area contributed by atoms with E-state index in [-0.39, 0.29) is 18.1 Å². The SMILES string of the molecule is COC(=O)C(CC(C)C)C(=O)CC(NC(=O)OC(C)(C)C)c1ccc(OC)c(OC)c1. The van der Waals surface area contributed by atoms with Crippen LogP contribution in [0.25, 0.3) is 0 Å². The third-order valence-electron chi connectivity index (χ3n) is 4.49. The molecule has 1 N–H and O–H groups in total. The average Bonchev–Trinajstić information content (AvgIpc) is 2.68. The van der Waals surface area contributed by atoms with E-state index in [0.717, 1.165) is 0 Å². The van der Waals surface area contributed by atoms with Gasteiger partial charge in [-0.15, -0.1) is 0 Å². The van der Waals surface area contributed by atoms with Crippen LogP contribution in [-0.4, -0.2) is 44.8 Å². The highest BCUT2D eigenvalue weighted by molar-refractivity contribution is 5.99. The molecule has 0 spiro atoms. The number of alkyl carbamates (subject to hydrolysis) is 1. The normalized spacial score (nSPS) is 13.2. The Labute approximate surface area is 184 Å². The molecule has 0 bridgehead atoms. The number of carbonyl (C=O) groups excluding carboxylic acids is 3. The number of Topliss-reactive ketones (excluding diaryl/α,β-unsaturated/α-hetero) is 1. The molecule has 1 rings (SSSR count). The van der Waals surface area contributed by atoms with E-state index in [2.05, 4.69) is 5.32 Å². The van der Waals surface area contributed by atoms with Crippen LogP contribution in [0.3, 0.4) is 0 Å². The first-order valence-electron chi connectivity index (χ1n) is 10.2. The third kappa shape index (κ3) is 8.47. The summed E-state index contributed by atoms with van der Waals surface area (Å²) in [5.74, 6) is -0.728. The van der Waals surface area contributed by atoms with Crippen molar-refractivity contribution in [3.8, 4) is 11.5 Å². The summed E-state index contributed by atoms with van der Waals surface area (Å²) in [6.45, 7) is 9.10. The van der Waals surface area contributed by atoms with Crippen LogP contribution >= 0.6 is 0 Å². The molecule has 0 saturated carbocycles. The standard InChI is InChI=1S/C23H35NO7/c1-14(2)11-16(21(26)30-8)18(25)13-17(24-22(27)31-23(3,4)5)15-9-10-19(28-6)20(12-15)29-7/h9-10,12,14,16-17H,11,13H2,1-8H3,(H,24,27). The Bertz CT molecular complexity index is 768. The maximum atomic E-state index is 13.1. The summed E-state index contributed by atoms with van der Waals surface area (Å²) < 4.78 is 20.8. The quantitative estimate of drug-likeness (QED) is 0.435. The van der Waals surface area contributed by atoms with Crippen molar-refractivity contribution in [2.45, 2.75) is 59.1 Å². The van der Waals surface area contributed by atoms with E-state index < -0.39 is 29.6 Å². The molecule has 8 heteroatoms. The van der Waals surface area contributed by atoms with E-state index in [0.29, 0.717) is 23.5 Å². The Morgan fingerprint density at radius 2 is 1.61 bits per heavy atom. The minimum absolute atomic E-state index is 0.110. The number of rotatable bonds is 10. The molecule has 1 aromatic carbocycles. The van der Waals surface area contributed by atoms with Crippen molar-refractivity contribution in [3.63, 3.8) is 0 Å². The van der Waals surface area contributed by atoms with Gasteiger partial charge in [-0.3, -0.25) is 9.59 Å². The Morgan fingerprint density at radius 1 is 1.00 bits per heavy atom. The fourth-order valence-corrected chi connectivity index (χ4v) is 3.09. The van der Waals surface area contributed by atoms with E-state index in [1.165, 1.54) is 21.3 Å². The number of hydrogen-bond donors (Lipinski definition) is 1. The summed E-state index contributed by atoms with van der Waals surface area (Å²) in [7, 11) is 4.27. The van der Waals surface area contributed by atoms with Crippen molar-refractivity contribution in [1.29, 1.82) is 0 Å². The molecule has 1 aromatic rings. The number of hydrogen-bond acceptors (Lipinski definition) is 7. The molecule has 8 nitrogen and oxygen atoms in total. The number of benzene rings is 1. The van der Waals surface area contributed by atoms with Gasteiger partial charge in [0.25, 0.3) is 0 Å². The molecule has 0 aliphatic carbocycles. The first kappa shape index (κ1) is 26.3. The molecule has 0 heterocycles. The topological polar surface area (TPSA) is 100 Å². The minimum Gasteiger partial charge on any atom is -0.493 e. The lowest BCUT2D eigenvalue weighted by atomic mass is 9.88. The van der Waals surface area contributed by atoms with Crippen molar-refractivity contribution in [3.05, 3.63) is 23.8 Å². The lowest BCUT2D eigenvalue weighted by Crippen LogP contribution is -2.37. The number of carbonyl (C=O) groups is 3. The first-order valence-corrected chi connectivity index (χ1v) is 10.2. The number of amides is 1. The van der Waals surface area contributed by atoms with Gasteiger partial charge in [-0.25, -0.2) is 4.79 Å². The zero-order valence-corrected chi connectivity index (χ0v) is 19.7. The number of nitrogens with one attached hydrogen (secondary N) is 1. The van der Waals surface area contributed by atoms with Crippen LogP contribution in [0.1, 0.15) is 59.1 Å². The predicted octanol–water partition coefficient (Wildman–Crippen LogP) is 4.06. The summed E-state index contributed by atoms with van der Waals surface area (Å²) in [5, 5.41) is 2.74. The third-order valence-corrected chi connectivity index (χ3v) is 4.49. The number of ketones is 1. The van der Waals surface area contributed by atoms with Gasteiger partial charge in [0.2, 0.25) is 0 Å². The highest BCUT2D eigenvalue weighted by Crippen LogP contribution is 2.32. The lowest BCUT2D eigenvalue weighted by molar-refractivity contribution is -0.150. The predicted molar refractivity (Wildman–Crippen MR) is 116 cm³/mol. The summed E-state index contributed by atoms with van der Waals surface area (Å²) in [5.41, 5.74) is -0.0902. The number of methoxy groups -OCH3 is 3. The van der Waals surface area contributed by atoms with E-state index in [4.69, 9.17) is 18.9 Å². The van der Waals surface area contributed by atoms with Gasteiger partial charge in [-0.1, -0.05) is 19.9 Å². The summed E-state index contributed by atoms with van der Waals surface area (Å²) in [6, 6.07) is 4.37. The highest BCUT2D eigenvalue weighted by atomic mass is 16.6. The molecule has 0 aromatic heterocycles. The molecule has 31 heavy (non-hydrogen) atoms. The monoisotopic (exact) mass is 437 g/mol. The Kier molecular flexibility index (Phi) is 9.81. The van der Waals surface area contributed by atoms with Gasteiger partial charge in [0, 0.05) is 6.42 Å². The smallest absolute Gasteiger partial charge is 0.408 e. The molecule has 174 valence electrons. The molecule has 1 amide bonds. The highest BCUT2D eigenvalue weighted by Gasteiger charge is 2.32.